The van der Waals surface area contributed by atoms with Gasteiger partial charge in [0.15, 0.2) is 0 Å². The highest BCUT2D eigenvalue weighted by molar-refractivity contribution is 6.06. The number of allylic oxidation sites excluding steroid dienone is 26. The summed E-state index contributed by atoms with van der Waals surface area (Å²) in [5, 5.41) is 0. The minimum Gasteiger partial charge on any atom is -0.497 e. The number of methoxy groups -OCH3 is 3. The molecule has 0 spiro atoms. The van der Waals surface area contributed by atoms with Crippen LogP contribution in [-0.4, -0.2) is 59.1 Å². The Kier molecular flexibility index (Phi) is 23.0. The number of hydrogen-bond donors (Lipinski definition) is 4. The van der Waals surface area contributed by atoms with Crippen molar-refractivity contribution >= 4 is 68.5 Å². The fourth-order valence-electron chi connectivity index (χ4n) is 14.6. The van der Waals surface area contributed by atoms with Gasteiger partial charge < -0.3 is 24.2 Å². The summed E-state index contributed by atoms with van der Waals surface area (Å²) in [5.74, 6) is -1.94. The van der Waals surface area contributed by atoms with Crippen LogP contribution in [0.2, 0.25) is 0 Å². The van der Waals surface area contributed by atoms with Gasteiger partial charge in [-0.1, -0.05) is 196 Å². The molecule has 5 heterocycles. The van der Waals surface area contributed by atoms with E-state index in [1.807, 2.05) is 91.9 Å². The van der Waals surface area contributed by atoms with E-state index < -0.39 is 23.3 Å². The molecule has 101 heavy (non-hydrogen) atoms. The number of amides is 1. The Morgan fingerprint density at radius 1 is 0.634 bits per heavy atom. The number of aryl methyl sites for hydroxylation is 2. The van der Waals surface area contributed by atoms with Gasteiger partial charge in [0.1, 0.15) is 11.7 Å². The molecule has 1 amide bonds. The Bertz CT molecular complexity index is 4780. The van der Waals surface area contributed by atoms with E-state index in [2.05, 4.69) is 202 Å². The van der Waals surface area contributed by atoms with Gasteiger partial charge in [0.25, 0.3) is 5.91 Å². The zero-order chi connectivity index (χ0) is 72.4. The number of ether oxygens (including phenoxy) is 3. The third-order valence-electron chi connectivity index (χ3n) is 20.5. The van der Waals surface area contributed by atoms with E-state index in [0.717, 1.165) is 117 Å². The number of hydrazine groups is 1. The molecule has 2 aromatic heterocycles. The SMILES string of the molecule is CCC1=C(C)c2cc3[nH]c(c(CC)c3C)c(-c3ccc(C(=O)NNc4ccc(/C=C/C(C)=C/C=C/C(C)=C/C=C/C=C(C)/C=C/C=C(C)/C=C/C5=C(C)CCCC5(C)C)cc4)cc3)c3nc(cc4[nH]c(c(-c5ccc(OC)cc5)c1n2)C1=CC=C(C(=O)OC)[C@@H](C(=O)OC)[C@]14C)C(C)=C3CC. The Morgan fingerprint density at radius 3 is 1.77 bits per heavy atom. The van der Waals surface area contributed by atoms with Gasteiger partial charge in [0.05, 0.1) is 72.0 Å². The van der Waals surface area contributed by atoms with E-state index in [9.17, 15) is 14.4 Å². The summed E-state index contributed by atoms with van der Waals surface area (Å²) in [6.45, 7) is 30.3. The van der Waals surface area contributed by atoms with E-state index in [0.29, 0.717) is 42.0 Å². The molecule has 2 aliphatic carbocycles. The maximum Gasteiger partial charge on any atom is 0.334 e. The number of benzene rings is 3. The zero-order valence-corrected chi connectivity index (χ0v) is 62.0. The molecule has 12 heteroatoms. The molecule has 4 N–H and O–H groups in total. The minimum atomic E-state index is -1.21. The minimum absolute atomic E-state index is 0.170. The van der Waals surface area contributed by atoms with Crippen LogP contribution in [0.5, 0.6) is 5.75 Å². The van der Waals surface area contributed by atoms with Gasteiger partial charge in [-0.15, -0.1) is 0 Å². The molecule has 3 aliphatic heterocycles. The number of nitrogens with one attached hydrogen (secondary N) is 4. The number of esters is 2. The van der Waals surface area contributed by atoms with E-state index in [1.54, 1.807) is 13.2 Å². The first-order chi connectivity index (χ1) is 48.5. The van der Waals surface area contributed by atoms with Gasteiger partial charge in [-0.05, 0) is 216 Å². The summed E-state index contributed by atoms with van der Waals surface area (Å²) in [4.78, 5) is 61.4. The quantitative estimate of drug-likeness (QED) is 0.0319. The second-order valence-corrected chi connectivity index (χ2v) is 27.6. The average molecular weight is 1350 g/mol. The normalized spacial score (nSPS) is 17.9. The smallest absolute Gasteiger partial charge is 0.334 e. The number of carbonyl (C=O) groups excluding carboxylic acids is 3. The Hall–Kier alpha value is -10.6. The summed E-state index contributed by atoms with van der Waals surface area (Å²) < 4.78 is 16.6. The first-order valence-electron chi connectivity index (χ1n) is 35.3. The maximum absolute atomic E-state index is 14.5. The van der Waals surface area contributed by atoms with Gasteiger partial charge in [0.2, 0.25) is 0 Å². The molecular formula is C89H98N6O6. The molecular weight excluding hydrogens is 1250 g/mol. The molecule has 3 aromatic carbocycles. The number of nitrogens with zero attached hydrogens (tertiary/aromatic N) is 2. The van der Waals surface area contributed by atoms with Crippen LogP contribution in [-0.2, 0) is 30.9 Å². The molecule has 0 radical (unpaired) electrons. The number of fused-ring (bicyclic) bond motifs is 11. The zero-order valence-electron chi connectivity index (χ0n) is 62.0. The van der Waals surface area contributed by atoms with Crippen molar-refractivity contribution in [3.63, 3.8) is 0 Å². The maximum atomic E-state index is 14.5. The highest BCUT2D eigenvalue weighted by Crippen LogP contribution is 2.56. The standard InChI is InChI=1S/C89H98N6O6/c1-18-68-59(9)74-52-75-60(10)69(19-2)83(91-75)79(64-42-46-67(99-15)47-43-64)84-73-50-48-71(86(97)100-16)80(87(98)101-17)89(73,14)77(93-84)53-76-61(11)70(20-3)82(92-76)78(81(68)90-74)63-38-40-65(41-39-63)85(96)95-94-66-44-36-62(37-45-66)35-33-56(6)30-23-28-54(4)26-21-22-27-55(5)29-24-31-57(7)34-49-72-58(8)32-25-51-88(72,12)13/h21-24,26-31,33-50,52-53,80,90,93-94H,18-20,25,32,51H2,1-17H3,(H,95,96)/b22-21+,28-23+,29-24+,35-33+,49-34+,54-26+,55-27+,56-30+,57-31+,75-52?,77-53?,82-78?,84-79?/t80-,89+/m0/s1. The lowest BCUT2D eigenvalue weighted by Gasteiger charge is -2.37. The molecule has 0 saturated heterocycles. The Balaban J connectivity index is 0.910. The first-order valence-corrected chi connectivity index (χ1v) is 35.3. The highest BCUT2D eigenvalue weighted by atomic mass is 16.5. The lowest BCUT2D eigenvalue weighted by atomic mass is 9.63. The van der Waals surface area contributed by atoms with Crippen LogP contribution in [0.4, 0.5) is 5.69 Å². The lowest BCUT2D eigenvalue weighted by Crippen LogP contribution is -2.42. The third-order valence-corrected chi connectivity index (χ3v) is 20.5. The number of hydrogen-bond acceptors (Lipinski definition) is 9. The molecule has 5 aliphatic rings. The third kappa shape index (κ3) is 15.6. The molecule has 0 unspecified atom stereocenters. The van der Waals surface area contributed by atoms with Gasteiger partial charge in [-0.2, -0.15) is 0 Å². The topological polar surface area (TPSA) is 160 Å². The van der Waals surface area contributed by atoms with Crippen molar-refractivity contribution in [3.8, 4) is 28.0 Å². The van der Waals surface area contributed by atoms with E-state index in [1.165, 1.54) is 55.8 Å². The monoisotopic (exact) mass is 1350 g/mol. The fraction of sp³-hybridized carbons (Fsp3) is 0.292. The van der Waals surface area contributed by atoms with Crippen LogP contribution in [0.1, 0.15) is 183 Å². The average Bonchev–Trinajstić information content (AvgIpc) is 1.57. The Morgan fingerprint density at radius 2 is 1.20 bits per heavy atom. The predicted molar refractivity (Wildman–Crippen MR) is 419 cm³/mol. The molecule has 2 atom stereocenters. The van der Waals surface area contributed by atoms with Crippen molar-refractivity contribution in [2.75, 3.05) is 26.8 Å². The number of aromatic amines is 2. The van der Waals surface area contributed by atoms with Gasteiger partial charge in [0, 0.05) is 27.9 Å². The van der Waals surface area contributed by atoms with Crippen LogP contribution in [0.3, 0.4) is 0 Å². The number of rotatable bonds is 21. The molecule has 8 bridgehead atoms. The van der Waals surface area contributed by atoms with Crippen LogP contribution in [0.25, 0.3) is 67.2 Å². The van der Waals surface area contributed by atoms with Crippen molar-refractivity contribution in [2.24, 2.45) is 11.3 Å². The summed E-state index contributed by atoms with van der Waals surface area (Å²) in [7, 11) is 4.31. The van der Waals surface area contributed by atoms with E-state index >= 15 is 0 Å². The lowest BCUT2D eigenvalue weighted by molar-refractivity contribution is -0.149. The summed E-state index contributed by atoms with van der Waals surface area (Å²) >= 11 is 0. The van der Waals surface area contributed by atoms with Gasteiger partial charge in [-0.3, -0.25) is 20.4 Å². The van der Waals surface area contributed by atoms with Gasteiger partial charge >= 0.3 is 11.9 Å². The first kappa shape index (κ1) is 73.1. The summed E-state index contributed by atoms with van der Waals surface area (Å²) in [5.41, 5.74) is 31.9. The van der Waals surface area contributed by atoms with Crippen molar-refractivity contribution in [1.82, 2.24) is 25.4 Å². The van der Waals surface area contributed by atoms with Crippen LogP contribution in [0.15, 0.2) is 215 Å². The van der Waals surface area contributed by atoms with E-state index in [4.69, 9.17) is 24.2 Å². The molecule has 0 fully saturated rings. The number of carbonyl (C=O) groups is 3. The second-order valence-electron chi connectivity index (χ2n) is 27.6. The second kappa shape index (κ2) is 31.7. The van der Waals surface area contributed by atoms with Crippen molar-refractivity contribution in [2.45, 2.75) is 141 Å². The van der Waals surface area contributed by atoms with Crippen molar-refractivity contribution in [1.29, 1.82) is 0 Å². The molecule has 12 nitrogen and oxygen atoms in total. The Labute approximate surface area is 597 Å². The largest absolute Gasteiger partial charge is 0.497 e. The van der Waals surface area contributed by atoms with Crippen LogP contribution >= 0.6 is 0 Å². The highest BCUT2D eigenvalue weighted by Gasteiger charge is 2.54. The molecule has 10 rings (SSSR count). The van der Waals surface area contributed by atoms with Gasteiger partial charge in [-0.25, -0.2) is 14.8 Å². The molecule has 0 saturated carbocycles. The molecule has 520 valence electrons. The summed E-state index contributed by atoms with van der Waals surface area (Å²) in [6, 6.07) is 27.7. The van der Waals surface area contributed by atoms with Crippen molar-refractivity contribution < 1.29 is 28.6 Å². The number of aromatic nitrogens is 4. The number of anilines is 1. The molecule has 5 aromatic rings. The fourth-order valence-corrected chi connectivity index (χ4v) is 14.6. The summed E-state index contributed by atoms with van der Waals surface area (Å²) in [6.07, 6.45) is 39.2. The van der Waals surface area contributed by atoms with Crippen molar-refractivity contribution in [3.05, 3.63) is 271 Å². The van der Waals surface area contributed by atoms with Crippen LogP contribution < -0.4 is 15.6 Å². The van der Waals surface area contributed by atoms with E-state index in [-0.39, 0.29) is 16.9 Å². The van der Waals surface area contributed by atoms with Crippen LogP contribution in [0, 0.1) is 18.3 Å². The number of H-pyrrole nitrogens is 2. The predicted octanol–water partition coefficient (Wildman–Crippen LogP) is 21.5.